The molecule has 5 nitrogen and oxygen atoms in total. The van der Waals surface area contributed by atoms with Crippen LogP contribution in [0.15, 0.2) is 24.3 Å². The molecule has 1 amide bonds. The van der Waals surface area contributed by atoms with Crippen LogP contribution < -0.4 is 10.5 Å². The van der Waals surface area contributed by atoms with Gasteiger partial charge >= 0.3 is 5.97 Å². The third-order valence-electron chi connectivity index (χ3n) is 2.07. The number of nitrogens with two attached hydrogens (primary N) is 1. The Morgan fingerprint density at radius 1 is 1.44 bits per heavy atom. The maximum absolute atomic E-state index is 11.1. The molecule has 0 unspecified atom stereocenters. The molecule has 16 heavy (non-hydrogen) atoms. The van der Waals surface area contributed by atoms with Gasteiger partial charge in [-0.3, -0.25) is 4.79 Å². The number of rotatable bonds is 5. The Bertz CT molecular complexity index is 403. The third-order valence-corrected chi connectivity index (χ3v) is 2.07. The summed E-state index contributed by atoms with van der Waals surface area (Å²) in [5, 5.41) is 8.82. The van der Waals surface area contributed by atoms with Gasteiger partial charge in [0.25, 0.3) is 5.91 Å². The molecule has 0 bridgehead atoms. The zero-order valence-corrected chi connectivity index (χ0v) is 8.84. The predicted molar refractivity (Wildman–Crippen MR) is 57.3 cm³/mol. The largest absolute Gasteiger partial charge is 0.479 e. The van der Waals surface area contributed by atoms with E-state index in [4.69, 9.17) is 15.6 Å². The van der Waals surface area contributed by atoms with Gasteiger partial charge in [0, 0.05) is 0 Å². The fourth-order valence-corrected chi connectivity index (χ4v) is 1.23. The van der Waals surface area contributed by atoms with E-state index in [1.165, 1.54) is 12.1 Å². The van der Waals surface area contributed by atoms with Crippen LogP contribution in [-0.2, 0) is 4.79 Å². The monoisotopic (exact) mass is 223 g/mol. The minimum Gasteiger partial charge on any atom is -0.479 e. The average Bonchev–Trinajstić information content (AvgIpc) is 2.25. The Labute approximate surface area is 92.8 Å². The zero-order chi connectivity index (χ0) is 12.1. The van der Waals surface area contributed by atoms with Crippen molar-refractivity contribution in [3.63, 3.8) is 0 Å². The number of carbonyl (C=O) groups is 2. The fourth-order valence-electron chi connectivity index (χ4n) is 1.23. The van der Waals surface area contributed by atoms with Gasteiger partial charge in [-0.05, 0) is 18.6 Å². The number of carboxylic acids is 1. The van der Waals surface area contributed by atoms with Crippen LogP contribution in [0.5, 0.6) is 5.75 Å². The highest BCUT2D eigenvalue weighted by atomic mass is 16.5. The van der Waals surface area contributed by atoms with Crippen molar-refractivity contribution in [2.45, 2.75) is 19.4 Å². The van der Waals surface area contributed by atoms with E-state index in [0.29, 0.717) is 6.42 Å². The predicted octanol–water partition coefficient (Wildman–Crippen LogP) is 1.03. The highest BCUT2D eigenvalue weighted by Crippen LogP contribution is 2.19. The summed E-state index contributed by atoms with van der Waals surface area (Å²) in [6.45, 7) is 1.69. The maximum Gasteiger partial charge on any atom is 0.344 e. The SMILES string of the molecule is CC[C@H](Oc1ccccc1C(N)=O)C(=O)O. The van der Waals surface area contributed by atoms with Crippen LogP contribution in [0.2, 0.25) is 0 Å². The van der Waals surface area contributed by atoms with Crippen LogP contribution in [0.25, 0.3) is 0 Å². The minimum atomic E-state index is -1.07. The lowest BCUT2D eigenvalue weighted by Gasteiger charge is -2.14. The summed E-state index contributed by atoms with van der Waals surface area (Å²) in [5.41, 5.74) is 5.32. The Morgan fingerprint density at radius 2 is 2.06 bits per heavy atom. The van der Waals surface area contributed by atoms with E-state index in [0.717, 1.165) is 0 Å². The van der Waals surface area contributed by atoms with Gasteiger partial charge in [-0.1, -0.05) is 19.1 Å². The van der Waals surface area contributed by atoms with E-state index in [2.05, 4.69) is 0 Å². The Balaban J connectivity index is 2.95. The molecular weight excluding hydrogens is 210 g/mol. The molecule has 1 rings (SSSR count). The molecule has 0 aliphatic heterocycles. The van der Waals surface area contributed by atoms with Crippen LogP contribution in [0, 0.1) is 0 Å². The second kappa shape index (κ2) is 5.16. The number of primary amides is 1. The minimum absolute atomic E-state index is 0.183. The van der Waals surface area contributed by atoms with Gasteiger partial charge in [0.1, 0.15) is 5.75 Å². The van der Waals surface area contributed by atoms with Crippen LogP contribution >= 0.6 is 0 Å². The summed E-state index contributed by atoms with van der Waals surface area (Å²) in [7, 11) is 0. The molecule has 86 valence electrons. The molecule has 0 fully saturated rings. The molecule has 0 spiro atoms. The topological polar surface area (TPSA) is 89.6 Å². The van der Waals surface area contributed by atoms with E-state index in [-0.39, 0.29) is 11.3 Å². The molecule has 0 heterocycles. The van der Waals surface area contributed by atoms with Gasteiger partial charge < -0.3 is 15.6 Å². The first-order valence-electron chi connectivity index (χ1n) is 4.84. The summed E-state index contributed by atoms with van der Waals surface area (Å²) in [6, 6.07) is 6.29. The normalized spacial score (nSPS) is 11.8. The molecular formula is C11H13NO4. The van der Waals surface area contributed by atoms with E-state index in [9.17, 15) is 9.59 Å². The Morgan fingerprint density at radius 3 is 2.56 bits per heavy atom. The summed E-state index contributed by atoms with van der Waals surface area (Å²) in [4.78, 5) is 21.8. The second-order valence-electron chi connectivity index (χ2n) is 3.21. The molecule has 0 radical (unpaired) electrons. The van der Waals surface area contributed by atoms with Crippen LogP contribution in [0.1, 0.15) is 23.7 Å². The summed E-state index contributed by atoms with van der Waals surface area (Å²) in [5.74, 6) is -1.51. The number of para-hydroxylation sites is 1. The van der Waals surface area contributed by atoms with Gasteiger partial charge in [-0.2, -0.15) is 0 Å². The van der Waals surface area contributed by atoms with Gasteiger partial charge in [-0.25, -0.2) is 4.79 Å². The van der Waals surface area contributed by atoms with Crippen molar-refractivity contribution in [2.24, 2.45) is 5.73 Å². The second-order valence-corrected chi connectivity index (χ2v) is 3.21. The fraction of sp³-hybridized carbons (Fsp3) is 0.273. The number of benzene rings is 1. The lowest BCUT2D eigenvalue weighted by molar-refractivity contribution is -0.145. The van der Waals surface area contributed by atoms with Crippen molar-refractivity contribution in [1.29, 1.82) is 0 Å². The number of hydrogen-bond acceptors (Lipinski definition) is 3. The lowest BCUT2D eigenvalue weighted by Crippen LogP contribution is -2.27. The van der Waals surface area contributed by atoms with Crippen molar-refractivity contribution in [2.75, 3.05) is 0 Å². The standard InChI is InChI=1S/C11H13NO4/c1-2-8(11(14)15)16-9-6-4-3-5-7(9)10(12)13/h3-6,8H,2H2,1H3,(H2,12,13)(H,14,15)/t8-/m0/s1. The van der Waals surface area contributed by atoms with E-state index in [1.807, 2.05) is 0 Å². The zero-order valence-electron chi connectivity index (χ0n) is 8.84. The lowest BCUT2D eigenvalue weighted by atomic mass is 10.2. The first-order chi connectivity index (χ1) is 7.56. The molecule has 0 saturated carbocycles. The highest BCUT2D eigenvalue weighted by Gasteiger charge is 2.19. The highest BCUT2D eigenvalue weighted by molar-refractivity contribution is 5.95. The maximum atomic E-state index is 11.1. The Hall–Kier alpha value is -2.04. The number of carbonyl (C=O) groups excluding carboxylic acids is 1. The number of hydrogen-bond donors (Lipinski definition) is 2. The molecule has 3 N–H and O–H groups in total. The smallest absolute Gasteiger partial charge is 0.344 e. The molecule has 0 aliphatic carbocycles. The quantitative estimate of drug-likeness (QED) is 0.780. The van der Waals surface area contributed by atoms with Crippen LogP contribution in [0.4, 0.5) is 0 Å². The third kappa shape index (κ3) is 2.73. The average molecular weight is 223 g/mol. The first kappa shape index (κ1) is 12.0. The number of ether oxygens (including phenoxy) is 1. The van der Waals surface area contributed by atoms with Gasteiger partial charge in [0.2, 0.25) is 0 Å². The number of amides is 1. The van der Waals surface area contributed by atoms with Crippen molar-refractivity contribution in [1.82, 2.24) is 0 Å². The number of carboxylic acid groups (broad SMARTS) is 1. The molecule has 1 atom stereocenters. The first-order valence-corrected chi connectivity index (χ1v) is 4.84. The molecule has 1 aromatic carbocycles. The van der Waals surface area contributed by atoms with Gasteiger partial charge in [-0.15, -0.1) is 0 Å². The van der Waals surface area contributed by atoms with Crippen molar-refractivity contribution < 1.29 is 19.4 Å². The summed E-state index contributed by atoms with van der Waals surface area (Å²) >= 11 is 0. The van der Waals surface area contributed by atoms with E-state index in [1.54, 1.807) is 19.1 Å². The summed E-state index contributed by atoms with van der Waals surface area (Å²) in [6.07, 6.45) is -0.664. The van der Waals surface area contributed by atoms with Gasteiger partial charge in [0.15, 0.2) is 6.10 Å². The molecule has 1 aromatic rings. The van der Waals surface area contributed by atoms with Gasteiger partial charge in [0.05, 0.1) is 5.56 Å². The van der Waals surface area contributed by atoms with E-state index >= 15 is 0 Å². The number of aliphatic carboxylic acids is 1. The van der Waals surface area contributed by atoms with Crippen LogP contribution in [-0.4, -0.2) is 23.1 Å². The Kier molecular flexibility index (Phi) is 3.88. The molecule has 0 aromatic heterocycles. The molecule has 0 saturated heterocycles. The van der Waals surface area contributed by atoms with Crippen LogP contribution in [0.3, 0.4) is 0 Å². The van der Waals surface area contributed by atoms with E-state index < -0.39 is 18.0 Å². The van der Waals surface area contributed by atoms with Crippen molar-refractivity contribution in [3.05, 3.63) is 29.8 Å². The molecule has 0 aliphatic rings. The van der Waals surface area contributed by atoms with Crippen molar-refractivity contribution in [3.8, 4) is 5.75 Å². The molecule has 5 heteroatoms. The van der Waals surface area contributed by atoms with Crippen molar-refractivity contribution >= 4 is 11.9 Å². The summed E-state index contributed by atoms with van der Waals surface area (Å²) < 4.78 is 5.22.